The topological polar surface area (TPSA) is 73.5 Å². The molecule has 0 aliphatic carbocycles. The summed E-state index contributed by atoms with van der Waals surface area (Å²) in [6.07, 6.45) is 0. The Morgan fingerprint density at radius 3 is 2.60 bits per heavy atom. The largest absolute Gasteiger partial charge is 0.484 e. The van der Waals surface area contributed by atoms with E-state index in [1.165, 1.54) is 6.07 Å². The maximum atomic E-state index is 11.8. The molecule has 0 saturated heterocycles. The average Bonchev–Trinajstić information content (AvgIpc) is 2.77. The minimum Gasteiger partial charge on any atom is -0.484 e. The van der Waals surface area contributed by atoms with Gasteiger partial charge in [-0.1, -0.05) is 16.9 Å². The van der Waals surface area contributed by atoms with Crippen LogP contribution < -0.4 is 15.6 Å². The molecular weight excluding hydrogens is 260 g/mol. The van der Waals surface area contributed by atoms with Gasteiger partial charge in [0, 0.05) is 12.6 Å². The van der Waals surface area contributed by atoms with Gasteiger partial charge in [-0.25, -0.2) is 0 Å². The number of aromatic nitrogens is 1. The summed E-state index contributed by atoms with van der Waals surface area (Å²) in [4.78, 5) is 23.2. The Hall–Kier alpha value is -2.34. The monoisotopic (exact) mass is 276 g/mol. The highest BCUT2D eigenvalue weighted by atomic mass is 16.5. The zero-order valence-corrected chi connectivity index (χ0v) is 11.4. The van der Waals surface area contributed by atoms with Crippen molar-refractivity contribution < 1.29 is 14.1 Å². The van der Waals surface area contributed by atoms with Gasteiger partial charge in [0.1, 0.15) is 11.5 Å². The fourth-order valence-electron chi connectivity index (χ4n) is 1.73. The molecule has 106 valence electrons. The first-order valence-corrected chi connectivity index (χ1v) is 6.19. The number of ether oxygens (including phenoxy) is 1. The van der Waals surface area contributed by atoms with Crippen molar-refractivity contribution in [1.82, 2.24) is 10.1 Å². The number of hydrogen-bond donors (Lipinski definition) is 1. The Kier molecular flexibility index (Phi) is 4.37. The van der Waals surface area contributed by atoms with Crippen LogP contribution in [0.5, 0.6) is 5.75 Å². The first kappa shape index (κ1) is 14.1. The van der Waals surface area contributed by atoms with Gasteiger partial charge in [-0.15, -0.1) is 0 Å². The molecule has 6 heteroatoms. The van der Waals surface area contributed by atoms with Crippen LogP contribution in [0.1, 0.15) is 16.1 Å². The summed E-state index contributed by atoms with van der Waals surface area (Å²) in [6.45, 7) is 2.12. The third-order valence-corrected chi connectivity index (χ3v) is 2.66. The second kappa shape index (κ2) is 6.21. The predicted octanol–water partition coefficient (Wildman–Crippen LogP) is 1.19. The van der Waals surface area contributed by atoms with Gasteiger partial charge in [0.15, 0.2) is 6.61 Å². The highest BCUT2D eigenvalue weighted by Gasteiger charge is 2.12. The van der Waals surface area contributed by atoms with Crippen LogP contribution in [0, 0.1) is 6.92 Å². The van der Waals surface area contributed by atoms with Crippen LogP contribution in [0.15, 0.2) is 39.6 Å². The summed E-state index contributed by atoms with van der Waals surface area (Å²) in [6, 6.07) is 8.61. The fourth-order valence-corrected chi connectivity index (χ4v) is 1.73. The van der Waals surface area contributed by atoms with E-state index in [0.29, 0.717) is 16.2 Å². The minimum absolute atomic E-state index is 0.252. The Bertz CT molecular complexity index is 640. The molecule has 0 unspecified atom stereocenters. The Morgan fingerprint density at radius 2 is 2.05 bits per heavy atom. The third-order valence-electron chi connectivity index (χ3n) is 2.66. The Balaban J connectivity index is 1.96. The number of carbonyl (C=O) groups is 1. The van der Waals surface area contributed by atoms with Gasteiger partial charge in [0.25, 0.3) is 5.56 Å². The number of rotatable bonds is 5. The lowest BCUT2D eigenvalue weighted by atomic mass is 10.2. The van der Waals surface area contributed by atoms with Crippen LogP contribution in [0.4, 0.5) is 0 Å². The molecule has 0 saturated carbocycles. The zero-order valence-electron chi connectivity index (χ0n) is 11.4. The SMILES string of the molecule is CNCc1ccc(OCC(=O)n2oc(C)cc2=O)cc1. The van der Waals surface area contributed by atoms with Crippen LogP contribution in [-0.4, -0.2) is 24.3 Å². The van der Waals surface area contributed by atoms with E-state index in [4.69, 9.17) is 9.26 Å². The van der Waals surface area contributed by atoms with Crippen molar-refractivity contribution in [3.8, 4) is 5.75 Å². The third kappa shape index (κ3) is 3.36. The van der Waals surface area contributed by atoms with E-state index >= 15 is 0 Å². The molecular formula is C14H16N2O4. The maximum absolute atomic E-state index is 11.8. The minimum atomic E-state index is -0.539. The lowest BCUT2D eigenvalue weighted by molar-refractivity contribution is 0.0703. The molecule has 0 fully saturated rings. The van der Waals surface area contributed by atoms with E-state index in [0.717, 1.165) is 12.1 Å². The molecule has 20 heavy (non-hydrogen) atoms. The molecule has 1 aromatic carbocycles. The lowest BCUT2D eigenvalue weighted by Gasteiger charge is -2.06. The molecule has 0 spiro atoms. The average molecular weight is 276 g/mol. The van der Waals surface area contributed by atoms with Crippen molar-refractivity contribution in [2.24, 2.45) is 0 Å². The van der Waals surface area contributed by atoms with Crippen molar-refractivity contribution in [3.63, 3.8) is 0 Å². The molecule has 2 aromatic rings. The number of aryl methyl sites for hydroxylation is 1. The van der Waals surface area contributed by atoms with E-state index in [9.17, 15) is 9.59 Å². The second-order valence-electron chi connectivity index (χ2n) is 4.34. The summed E-state index contributed by atoms with van der Waals surface area (Å²) < 4.78 is 11.0. The van der Waals surface area contributed by atoms with Crippen LogP contribution in [0.3, 0.4) is 0 Å². The summed E-state index contributed by atoms with van der Waals surface area (Å²) in [5, 5.41) is 3.04. The maximum Gasteiger partial charge on any atom is 0.300 e. The molecule has 0 aliphatic rings. The van der Waals surface area contributed by atoms with E-state index in [1.807, 2.05) is 19.2 Å². The van der Waals surface area contributed by atoms with Gasteiger partial charge in [-0.05, 0) is 31.7 Å². The van der Waals surface area contributed by atoms with Crippen LogP contribution in [-0.2, 0) is 6.54 Å². The Morgan fingerprint density at radius 1 is 1.35 bits per heavy atom. The van der Waals surface area contributed by atoms with Crippen molar-refractivity contribution >= 4 is 5.91 Å². The number of nitrogens with zero attached hydrogens (tertiary/aromatic N) is 1. The molecule has 0 atom stereocenters. The van der Waals surface area contributed by atoms with Gasteiger partial charge in [-0.3, -0.25) is 9.59 Å². The van der Waals surface area contributed by atoms with Gasteiger partial charge in [-0.2, -0.15) is 0 Å². The molecule has 6 nitrogen and oxygen atoms in total. The number of hydrogen-bond acceptors (Lipinski definition) is 5. The van der Waals surface area contributed by atoms with Crippen LogP contribution in [0.2, 0.25) is 0 Å². The van der Waals surface area contributed by atoms with E-state index in [1.54, 1.807) is 19.1 Å². The molecule has 2 rings (SSSR count). The first-order chi connectivity index (χ1) is 9.60. The van der Waals surface area contributed by atoms with E-state index in [-0.39, 0.29) is 6.61 Å². The van der Waals surface area contributed by atoms with Gasteiger partial charge in [0.2, 0.25) is 0 Å². The molecule has 1 aromatic heterocycles. The fraction of sp³-hybridized carbons (Fsp3) is 0.286. The molecule has 0 bridgehead atoms. The second-order valence-corrected chi connectivity index (χ2v) is 4.34. The molecule has 1 N–H and O–H groups in total. The van der Waals surface area contributed by atoms with Crippen molar-refractivity contribution in [1.29, 1.82) is 0 Å². The van der Waals surface area contributed by atoms with Gasteiger partial charge >= 0.3 is 5.91 Å². The normalized spacial score (nSPS) is 10.5. The number of benzene rings is 1. The Labute approximate surface area is 115 Å². The summed E-state index contributed by atoms with van der Waals surface area (Å²) >= 11 is 0. The smallest absolute Gasteiger partial charge is 0.300 e. The quantitative estimate of drug-likeness (QED) is 0.888. The molecule has 0 aliphatic heterocycles. The van der Waals surface area contributed by atoms with Gasteiger partial charge in [0.05, 0.1) is 0 Å². The standard InChI is InChI=1S/C14H16N2O4/c1-10-7-13(17)16(20-10)14(18)9-19-12-5-3-11(4-6-12)8-15-2/h3-7,15H,8-9H2,1-2H3. The van der Waals surface area contributed by atoms with Gasteiger partial charge < -0.3 is 14.6 Å². The lowest BCUT2D eigenvalue weighted by Crippen LogP contribution is -2.26. The number of carbonyl (C=O) groups excluding carboxylic acids is 1. The highest BCUT2D eigenvalue weighted by molar-refractivity contribution is 5.78. The summed E-state index contributed by atoms with van der Waals surface area (Å²) in [5.41, 5.74) is 0.629. The van der Waals surface area contributed by atoms with E-state index < -0.39 is 11.5 Å². The summed E-state index contributed by atoms with van der Waals surface area (Å²) in [5.74, 6) is 0.414. The van der Waals surface area contributed by atoms with Crippen molar-refractivity contribution in [3.05, 3.63) is 52.0 Å². The molecule has 0 amide bonds. The van der Waals surface area contributed by atoms with Crippen molar-refractivity contribution in [2.45, 2.75) is 13.5 Å². The van der Waals surface area contributed by atoms with E-state index in [2.05, 4.69) is 5.32 Å². The first-order valence-electron chi connectivity index (χ1n) is 6.19. The summed E-state index contributed by atoms with van der Waals surface area (Å²) in [7, 11) is 1.87. The van der Waals surface area contributed by atoms with Crippen LogP contribution >= 0.6 is 0 Å². The van der Waals surface area contributed by atoms with Crippen molar-refractivity contribution in [2.75, 3.05) is 13.7 Å². The predicted molar refractivity (Wildman–Crippen MR) is 73.0 cm³/mol. The number of nitrogens with one attached hydrogen (secondary N) is 1. The highest BCUT2D eigenvalue weighted by Crippen LogP contribution is 2.12. The molecule has 0 radical (unpaired) electrons. The van der Waals surface area contributed by atoms with Crippen LogP contribution in [0.25, 0.3) is 0 Å². The molecule has 1 heterocycles. The zero-order chi connectivity index (χ0) is 14.5.